The standard InChI is InChI=1S/C12H21N3O2S/c1-5-17-12(16)10-9(2)14-18-11(10)13-7-6-8-15(3)4/h13H,5-8H2,1-4H3. The highest BCUT2D eigenvalue weighted by Crippen LogP contribution is 2.25. The summed E-state index contributed by atoms with van der Waals surface area (Å²) in [6.45, 7) is 5.85. The first-order valence-electron chi connectivity index (χ1n) is 6.08. The van der Waals surface area contributed by atoms with Crippen LogP contribution in [0.15, 0.2) is 0 Å². The number of anilines is 1. The molecule has 1 rings (SSSR count). The fourth-order valence-corrected chi connectivity index (χ4v) is 2.34. The van der Waals surface area contributed by atoms with Gasteiger partial charge < -0.3 is 15.0 Å². The van der Waals surface area contributed by atoms with Crippen LogP contribution in [-0.4, -0.2) is 49.0 Å². The first kappa shape index (κ1) is 14.9. The Kier molecular flexibility index (Phi) is 6.07. The third-order valence-electron chi connectivity index (χ3n) is 2.41. The fraction of sp³-hybridized carbons (Fsp3) is 0.667. The van der Waals surface area contributed by atoms with Crippen molar-refractivity contribution in [3.63, 3.8) is 0 Å². The summed E-state index contributed by atoms with van der Waals surface area (Å²) in [6, 6.07) is 0. The van der Waals surface area contributed by atoms with Gasteiger partial charge in [0.25, 0.3) is 0 Å². The van der Waals surface area contributed by atoms with Crippen LogP contribution in [0.3, 0.4) is 0 Å². The molecule has 1 aromatic heterocycles. The molecule has 0 amide bonds. The highest BCUT2D eigenvalue weighted by Gasteiger charge is 2.19. The Morgan fingerprint density at radius 3 is 2.83 bits per heavy atom. The van der Waals surface area contributed by atoms with Gasteiger partial charge in [-0.05, 0) is 52.4 Å². The van der Waals surface area contributed by atoms with E-state index in [-0.39, 0.29) is 5.97 Å². The molecule has 0 bridgehead atoms. The van der Waals surface area contributed by atoms with E-state index in [9.17, 15) is 4.79 Å². The van der Waals surface area contributed by atoms with Gasteiger partial charge in [-0.15, -0.1) is 0 Å². The monoisotopic (exact) mass is 271 g/mol. The topological polar surface area (TPSA) is 54.5 Å². The van der Waals surface area contributed by atoms with E-state index in [2.05, 4.69) is 14.6 Å². The number of ether oxygens (including phenoxy) is 1. The molecule has 0 unspecified atom stereocenters. The van der Waals surface area contributed by atoms with Gasteiger partial charge in [0.15, 0.2) is 0 Å². The SMILES string of the molecule is CCOC(=O)c1c(C)nsc1NCCCN(C)C. The van der Waals surface area contributed by atoms with E-state index in [0.29, 0.717) is 12.2 Å². The van der Waals surface area contributed by atoms with Crippen LogP contribution in [0, 0.1) is 6.92 Å². The number of aromatic nitrogens is 1. The molecule has 0 aliphatic heterocycles. The van der Waals surface area contributed by atoms with Gasteiger partial charge in [-0.2, -0.15) is 4.37 Å². The number of nitrogens with zero attached hydrogens (tertiary/aromatic N) is 2. The lowest BCUT2D eigenvalue weighted by Gasteiger charge is -2.10. The molecular weight excluding hydrogens is 250 g/mol. The number of esters is 1. The van der Waals surface area contributed by atoms with Gasteiger partial charge in [0, 0.05) is 6.54 Å². The molecule has 0 saturated heterocycles. The minimum absolute atomic E-state index is 0.293. The quantitative estimate of drug-likeness (QED) is 0.607. The highest BCUT2D eigenvalue weighted by atomic mass is 32.1. The van der Waals surface area contributed by atoms with Crippen molar-refractivity contribution in [3.8, 4) is 0 Å². The number of carbonyl (C=O) groups excluding carboxylic acids is 1. The van der Waals surface area contributed by atoms with E-state index in [1.165, 1.54) is 11.5 Å². The van der Waals surface area contributed by atoms with E-state index >= 15 is 0 Å². The van der Waals surface area contributed by atoms with Crippen LogP contribution in [0.25, 0.3) is 0 Å². The van der Waals surface area contributed by atoms with Gasteiger partial charge in [-0.25, -0.2) is 4.79 Å². The average Bonchev–Trinajstić information content (AvgIpc) is 2.66. The van der Waals surface area contributed by atoms with E-state index < -0.39 is 0 Å². The highest BCUT2D eigenvalue weighted by molar-refractivity contribution is 7.10. The molecule has 18 heavy (non-hydrogen) atoms. The van der Waals surface area contributed by atoms with Crippen molar-refractivity contribution in [3.05, 3.63) is 11.3 Å². The molecule has 5 nitrogen and oxygen atoms in total. The summed E-state index contributed by atoms with van der Waals surface area (Å²) >= 11 is 1.31. The van der Waals surface area contributed by atoms with Crippen molar-refractivity contribution in [2.45, 2.75) is 20.3 Å². The van der Waals surface area contributed by atoms with E-state index in [1.807, 2.05) is 21.0 Å². The molecule has 0 aliphatic rings. The predicted octanol–water partition coefficient (Wildman–Crippen LogP) is 1.99. The van der Waals surface area contributed by atoms with Crippen molar-refractivity contribution in [1.82, 2.24) is 9.27 Å². The van der Waals surface area contributed by atoms with Crippen LogP contribution >= 0.6 is 11.5 Å². The molecule has 1 aromatic rings. The van der Waals surface area contributed by atoms with Crippen LogP contribution < -0.4 is 5.32 Å². The van der Waals surface area contributed by atoms with E-state index in [4.69, 9.17) is 4.74 Å². The lowest BCUT2D eigenvalue weighted by molar-refractivity contribution is 0.0527. The molecule has 0 fully saturated rings. The van der Waals surface area contributed by atoms with Crippen molar-refractivity contribution in [2.75, 3.05) is 39.1 Å². The van der Waals surface area contributed by atoms with Crippen molar-refractivity contribution < 1.29 is 9.53 Å². The minimum Gasteiger partial charge on any atom is -0.462 e. The Morgan fingerprint density at radius 2 is 2.22 bits per heavy atom. The summed E-state index contributed by atoms with van der Waals surface area (Å²) in [5.41, 5.74) is 1.31. The maximum absolute atomic E-state index is 11.8. The lowest BCUT2D eigenvalue weighted by Crippen LogP contribution is -2.17. The van der Waals surface area contributed by atoms with Crippen molar-refractivity contribution >= 4 is 22.5 Å². The number of hydrogen-bond donors (Lipinski definition) is 1. The zero-order valence-electron chi connectivity index (χ0n) is 11.4. The molecule has 0 atom stereocenters. The van der Waals surface area contributed by atoms with Gasteiger partial charge in [0.2, 0.25) is 0 Å². The first-order chi connectivity index (χ1) is 8.56. The number of hydrogen-bond acceptors (Lipinski definition) is 6. The largest absolute Gasteiger partial charge is 0.462 e. The second-order valence-electron chi connectivity index (χ2n) is 4.28. The normalized spacial score (nSPS) is 10.7. The Labute approximate surface area is 112 Å². The summed E-state index contributed by atoms with van der Waals surface area (Å²) in [7, 11) is 4.09. The Morgan fingerprint density at radius 1 is 1.50 bits per heavy atom. The maximum atomic E-state index is 11.8. The van der Waals surface area contributed by atoms with Gasteiger partial charge in [-0.3, -0.25) is 0 Å². The number of aryl methyl sites for hydroxylation is 1. The van der Waals surface area contributed by atoms with Crippen LogP contribution in [0.4, 0.5) is 5.00 Å². The van der Waals surface area contributed by atoms with E-state index in [1.54, 1.807) is 6.92 Å². The zero-order valence-corrected chi connectivity index (χ0v) is 12.3. The second-order valence-corrected chi connectivity index (χ2v) is 5.05. The summed E-state index contributed by atoms with van der Waals surface area (Å²) in [5.74, 6) is -0.293. The first-order valence-corrected chi connectivity index (χ1v) is 6.85. The molecule has 102 valence electrons. The number of rotatable bonds is 7. The van der Waals surface area contributed by atoms with Gasteiger partial charge in [0.05, 0.1) is 12.3 Å². The molecule has 6 heteroatoms. The predicted molar refractivity (Wildman–Crippen MR) is 74.5 cm³/mol. The Bertz CT molecular complexity index is 391. The van der Waals surface area contributed by atoms with Crippen LogP contribution in [-0.2, 0) is 4.74 Å². The summed E-state index contributed by atoms with van der Waals surface area (Å²) < 4.78 is 9.23. The third kappa shape index (κ3) is 4.27. The molecule has 0 saturated carbocycles. The van der Waals surface area contributed by atoms with Gasteiger partial charge >= 0.3 is 5.97 Å². The fourth-order valence-electron chi connectivity index (χ4n) is 1.53. The van der Waals surface area contributed by atoms with Crippen LogP contribution in [0.5, 0.6) is 0 Å². The molecule has 0 aromatic carbocycles. The molecule has 0 radical (unpaired) electrons. The summed E-state index contributed by atoms with van der Waals surface area (Å²) in [4.78, 5) is 13.9. The zero-order chi connectivity index (χ0) is 13.5. The minimum atomic E-state index is -0.293. The Hall–Kier alpha value is -1.14. The van der Waals surface area contributed by atoms with E-state index in [0.717, 1.165) is 30.2 Å². The van der Waals surface area contributed by atoms with Crippen LogP contribution in [0.1, 0.15) is 29.4 Å². The molecule has 1 heterocycles. The molecular formula is C12H21N3O2S. The molecule has 0 aliphatic carbocycles. The lowest BCUT2D eigenvalue weighted by atomic mass is 10.2. The summed E-state index contributed by atoms with van der Waals surface area (Å²) in [5, 5.41) is 4.07. The second kappa shape index (κ2) is 7.33. The number of nitrogens with one attached hydrogen (secondary N) is 1. The maximum Gasteiger partial charge on any atom is 0.343 e. The average molecular weight is 271 g/mol. The van der Waals surface area contributed by atoms with Gasteiger partial charge in [0.1, 0.15) is 10.6 Å². The summed E-state index contributed by atoms with van der Waals surface area (Å²) in [6.07, 6.45) is 1.02. The molecule has 0 spiro atoms. The Balaban J connectivity index is 2.58. The number of carbonyl (C=O) groups is 1. The smallest absolute Gasteiger partial charge is 0.343 e. The third-order valence-corrected chi connectivity index (χ3v) is 3.31. The van der Waals surface area contributed by atoms with Crippen molar-refractivity contribution in [2.24, 2.45) is 0 Å². The van der Waals surface area contributed by atoms with Crippen molar-refractivity contribution in [1.29, 1.82) is 0 Å². The molecule has 1 N–H and O–H groups in total. The van der Waals surface area contributed by atoms with Gasteiger partial charge in [-0.1, -0.05) is 0 Å². The van der Waals surface area contributed by atoms with Crippen LogP contribution in [0.2, 0.25) is 0 Å².